The van der Waals surface area contributed by atoms with Crippen LogP contribution in [-0.4, -0.2) is 29.6 Å². The molecule has 0 aromatic heterocycles. The first-order chi connectivity index (χ1) is 9.22. The molecule has 0 radical (unpaired) electrons. The maximum Gasteiger partial charge on any atom is 0.323 e. The van der Waals surface area contributed by atoms with Crippen molar-refractivity contribution in [2.45, 2.75) is 38.9 Å². The van der Waals surface area contributed by atoms with Crippen LogP contribution in [0.1, 0.15) is 25.8 Å². The molecular formula is C16H21NO2. The van der Waals surface area contributed by atoms with Gasteiger partial charge in [0.15, 0.2) is 0 Å². The van der Waals surface area contributed by atoms with Crippen molar-refractivity contribution in [1.29, 1.82) is 0 Å². The van der Waals surface area contributed by atoms with E-state index in [0.29, 0.717) is 6.61 Å². The highest BCUT2D eigenvalue weighted by Crippen LogP contribution is 2.21. The van der Waals surface area contributed by atoms with E-state index in [2.05, 4.69) is 36.1 Å². The summed E-state index contributed by atoms with van der Waals surface area (Å²) in [5, 5.41) is 0. The summed E-state index contributed by atoms with van der Waals surface area (Å²) in [6, 6.07) is 10.3. The molecule has 19 heavy (non-hydrogen) atoms. The zero-order valence-electron chi connectivity index (χ0n) is 11.6. The van der Waals surface area contributed by atoms with Crippen molar-refractivity contribution in [3.8, 4) is 0 Å². The largest absolute Gasteiger partial charge is 0.465 e. The molecule has 3 nitrogen and oxygen atoms in total. The van der Waals surface area contributed by atoms with E-state index in [4.69, 9.17) is 4.74 Å². The average molecular weight is 259 g/mol. The molecule has 0 unspecified atom stereocenters. The maximum atomic E-state index is 12.0. The zero-order chi connectivity index (χ0) is 13.7. The Labute approximate surface area is 114 Å². The Morgan fingerprint density at radius 3 is 2.79 bits per heavy atom. The fourth-order valence-electron chi connectivity index (χ4n) is 2.45. The molecule has 0 N–H and O–H groups in total. The number of hydrogen-bond acceptors (Lipinski definition) is 3. The van der Waals surface area contributed by atoms with Gasteiger partial charge in [-0.2, -0.15) is 0 Å². The molecule has 1 aromatic carbocycles. The maximum absolute atomic E-state index is 12.0. The average Bonchev–Trinajstić information content (AvgIpc) is 2.42. The number of nitrogens with zero attached hydrogens (tertiary/aromatic N) is 1. The minimum Gasteiger partial charge on any atom is -0.465 e. The predicted octanol–water partition coefficient (Wildman–Crippen LogP) is 2.77. The molecular weight excluding hydrogens is 238 g/mol. The Kier molecular flexibility index (Phi) is 4.74. The van der Waals surface area contributed by atoms with Crippen molar-refractivity contribution in [2.24, 2.45) is 0 Å². The van der Waals surface area contributed by atoms with Crippen LogP contribution < -0.4 is 0 Å². The Bertz CT molecular complexity index is 441. The molecule has 2 rings (SSSR count). The molecule has 1 aromatic rings. The molecule has 1 aliphatic heterocycles. The zero-order valence-corrected chi connectivity index (χ0v) is 11.6. The monoisotopic (exact) mass is 259 g/mol. The van der Waals surface area contributed by atoms with Gasteiger partial charge in [-0.3, -0.25) is 9.69 Å². The summed E-state index contributed by atoms with van der Waals surface area (Å²) in [4.78, 5) is 14.2. The Hall–Kier alpha value is -1.61. The van der Waals surface area contributed by atoms with E-state index in [-0.39, 0.29) is 18.1 Å². The lowest BCUT2D eigenvalue weighted by atomic mass is 10.0. The SMILES string of the molecule is CCOC(=O)[C@@H]1CC=C[C@@H](C)N1Cc1ccccc1. The van der Waals surface area contributed by atoms with Crippen LogP contribution >= 0.6 is 0 Å². The lowest BCUT2D eigenvalue weighted by Crippen LogP contribution is -2.47. The number of carbonyl (C=O) groups is 1. The van der Waals surface area contributed by atoms with Gasteiger partial charge < -0.3 is 4.74 Å². The van der Waals surface area contributed by atoms with Crippen LogP contribution in [0.2, 0.25) is 0 Å². The third kappa shape index (κ3) is 3.44. The highest BCUT2D eigenvalue weighted by Gasteiger charge is 2.31. The topological polar surface area (TPSA) is 29.5 Å². The molecule has 3 heteroatoms. The molecule has 0 bridgehead atoms. The lowest BCUT2D eigenvalue weighted by Gasteiger charge is -2.36. The summed E-state index contributed by atoms with van der Waals surface area (Å²) < 4.78 is 5.18. The third-order valence-corrected chi connectivity index (χ3v) is 3.46. The first-order valence-corrected chi connectivity index (χ1v) is 6.85. The van der Waals surface area contributed by atoms with Gasteiger partial charge in [-0.15, -0.1) is 0 Å². The van der Waals surface area contributed by atoms with Crippen LogP contribution in [0, 0.1) is 0 Å². The second kappa shape index (κ2) is 6.53. The second-order valence-corrected chi connectivity index (χ2v) is 4.83. The molecule has 2 atom stereocenters. The summed E-state index contributed by atoms with van der Waals surface area (Å²) in [6.45, 7) is 5.18. The van der Waals surface area contributed by atoms with E-state index in [1.54, 1.807) is 0 Å². The van der Waals surface area contributed by atoms with Gasteiger partial charge >= 0.3 is 5.97 Å². The molecule has 0 saturated carbocycles. The van der Waals surface area contributed by atoms with Crippen molar-refractivity contribution in [3.63, 3.8) is 0 Å². The van der Waals surface area contributed by atoms with Gasteiger partial charge in [0.2, 0.25) is 0 Å². The van der Waals surface area contributed by atoms with Crippen LogP contribution in [0.5, 0.6) is 0 Å². The normalized spacial score (nSPS) is 23.3. The quantitative estimate of drug-likeness (QED) is 0.615. The third-order valence-electron chi connectivity index (χ3n) is 3.46. The van der Waals surface area contributed by atoms with E-state index in [9.17, 15) is 4.79 Å². The Morgan fingerprint density at radius 2 is 2.11 bits per heavy atom. The lowest BCUT2D eigenvalue weighted by molar-refractivity contribution is -0.150. The van der Waals surface area contributed by atoms with E-state index in [1.807, 2.05) is 25.1 Å². The number of esters is 1. The molecule has 1 heterocycles. The van der Waals surface area contributed by atoms with Crippen LogP contribution in [-0.2, 0) is 16.1 Å². The molecule has 0 fully saturated rings. The summed E-state index contributed by atoms with van der Waals surface area (Å²) in [6.07, 6.45) is 4.96. The van der Waals surface area contributed by atoms with E-state index < -0.39 is 0 Å². The Balaban J connectivity index is 2.13. The molecule has 0 saturated heterocycles. The van der Waals surface area contributed by atoms with Gasteiger partial charge in [0, 0.05) is 12.6 Å². The van der Waals surface area contributed by atoms with Gasteiger partial charge in [0.05, 0.1) is 6.61 Å². The van der Waals surface area contributed by atoms with Gasteiger partial charge in [-0.05, 0) is 25.8 Å². The number of hydrogen-bond donors (Lipinski definition) is 0. The molecule has 0 aliphatic carbocycles. The van der Waals surface area contributed by atoms with Crippen LogP contribution in [0.3, 0.4) is 0 Å². The predicted molar refractivity (Wildman–Crippen MR) is 75.6 cm³/mol. The van der Waals surface area contributed by atoms with Crippen molar-refractivity contribution >= 4 is 5.97 Å². The standard InChI is InChI=1S/C16H21NO2/c1-3-19-16(18)15-11-7-8-13(2)17(15)12-14-9-5-4-6-10-14/h4-10,13,15H,3,11-12H2,1-2H3/t13-,15+/m1/s1. The number of rotatable bonds is 4. The van der Waals surface area contributed by atoms with Gasteiger partial charge in [-0.25, -0.2) is 0 Å². The fraction of sp³-hybridized carbons (Fsp3) is 0.438. The smallest absolute Gasteiger partial charge is 0.323 e. The van der Waals surface area contributed by atoms with E-state index in [1.165, 1.54) is 5.56 Å². The van der Waals surface area contributed by atoms with Crippen LogP contribution in [0.4, 0.5) is 0 Å². The van der Waals surface area contributed by atoms with E-state index in [0.717, 1.165) is 13.0 Å². The van der Waals surface area contributed by atoms with Crippen molar-refractivity contribution in [3.05, 3.63) is 48.0 Å². The second-order valence-electron chi connectivity index (χ2n) is 4.83. The molecule has 0 amide bonds. The van der Waals surface area contributed by atoms with Gasteiger partial charge in [0.1, 0.15) is 6.04 Å². The van der Waals surface area contributed by atoms with Gasteiger partial charge in [-0.1, -0.05) is 42.5 Å². The first-order valence-electron chi connectivity index (χ1n) is 6.85. The van der Waals surface area contributed by atoms with Crippen molar-refractivity contribution in [1.82, 2.24) is 4.90 Å². The minimum absolute atomic E-state index is 0.116. The summed E-state index contributed by atoms with van der Waals surface area (Å²) >= 11 is 0. The molecule has 102 valence electrons. The highest BCUT2D eigenvalue weighted by atomic mass is 16.5. The van der Waals surface area contributed by atoms with E-state index >= 15 is 0 Å². The summed E-state index contributed by atoms with van der Waals surface area (Å²) in [7, 11) is 0. The minimum atomic E-state index is -0.167. The Morgan fingerprint density at radius 1 is 1.37 bits per heavy atom. The van der Waals surface area contributed by atoms with Crippen molar-refractivity contribution in [2.75, 3.05) is 6.61 Å². The van der Waals surface area contributed by atoms with Crippen molar-refractivity contribution < 1.29 is 9.53 Å². The molecule has 0 spiro atoms. The first kappa shape index (κ1) is 13.8. The van der Waals surface area contributed by atoms with Gasteiger partial charge in [0.25, 0.3) is 0 Å². The highest BCUT2D eigenvalue weighted by molar-refractivity contribution is 5.76. The van der Waals surface area contributed by atoms with Crippen LogP contribution in [0.15, 0.2) is 42.5 Å². The number of carbonyl (C=O) groups excluding carboxylic acids is 1. The number of ether oxygens (including phenoxy) is 1. The number of benzene rings is 1. The summed E-state index contributed by atoms with van der Waals surface area (Å²) in [5.74, 6) is -0.116. The molecule has 1 aliphatic rings. The summed E-state index contributed by atoms with van der Waals surface area (Å²) in [5.41, 5.74) is 1.22. The van der Waals surface area contributed by atoms with Crippen LogP contribution in [0.25, 0.3) is 0 Å². The fourth-order valence-corrected chi connectivity index (χ4v) is 2.45.